The Morgan fingerprint density at radius 3 is 2.60 bits per heavy atom. The second kappa shape index (κ2) is 4.40. The molecule has 1 aromatic carbocycles. The maximum atomic E-state index is 13.6. The van der Waals surface area contributed by atoms with Gasteiger partial charge in [-0.25, -0.2) is 4.39 Å². The molecule has 4 heteroatoms. The topological polar surface area (TPSA) is 24.9 Å². The normalized spacial score (nSPS) is 10.0. The van der Waals surface area contributed by atoms with E-state index in [1.54, 1.807) is 42.7 Å². The monoisotopic (exact) mass is 266 g/mol. The Kier molecular flexibility index (Phi) is 2.97. The first-order chi connectivity index (χ1) is 7.27. The Balaban J connectivity index is 2.29. The summed E-state index contributed by atoms with van der Waals surface area (Å²) < 4.78 is 14.0. The minimum absolute atomic E-state index is 0.297. The smallest absolute Gasteiger partial charge is 0.160 e. The minimum Gasteiger partial charge on any atom is -0.353 e. The predicted octanol–water partition coefficient (Wildman–Crippen LogP) is 3.73. The van der Waals surface area contributed by atoms with Gasteiger partial charge in [0, 0.05) is 18.1 Å². The molecule has 0 bridgehead atoms. The lowest BCUT2D eigenvalue weighted by Gasteiger charge is -2.07. The number of nitrogens with one attached hydrogen (secondary N) is 1. The average molecular weight is 267 g/mol. The molecule has 0 aliphatic carbocycles. The van der Waals surface area contributed by atoms with Gasteiger partial charge in [0.15, 0.2) is 5.82 Å². The van der Waals surface area contributed by atoms with Crippen LogP contribution in [0.2, 0.25) is 0 Å². The standard InChI is InChI=1S/C11H8BrFN2/c12-9-2-1-3-10(11(9)13)15-8-4-6-14-7-5-8/h1-7H,(H,14,15). The van der Waals surface area contributed by atoms with Crippen molar-refractivity contribution < 1.29 is 4.39 Å². The van der Waals surface area contributed by atoms with E-state index in [9.17, 15) is 4.39 Å². The van der Waals surface area contributed by atoms with Crippen LogP contribution in [0.15, 0.2) is 47.2 Å². The van der Waals surface area contributed by atoms with Gasteiger partial charge < -0.3 is 5.32 Å². The number of hydrogen-bond acceptors (Lipinski definition) is 2. The molecule has 15 heavy (non-hydrogen) atoms. The molecule has 1 N–H and O–H groups in total. The maximum absolute atomic E-state index is 13.6. The summed E-state index contributed by atoms with van der Waals surface area (Å²) in [5, 5.41) is 2.97. The largest absolute Gasteiger partial charge is 0.353 e. The first kappa shape index (κ1) is 10.1. The molecule has 0 saturated heterocycles. The molecule has 0 radical (unpaired) electrons. The summed E-state index contributed by atoms with van der Waals surface area (Å²) in [6.07, 6.45) is 3.30. The van der Waals surface area contributed by atoms with Gasteiger partial charge >= 0.3 is 0 Å². The highest BCUT2D eigenvalue weighted by molar-refractivity contribution is 9.10. The third-order valence-corrected chi connectivity index (χ3v) is 2.52. The number of pyridine rings is 1. The van der Waals surface area contributed by atoms with Crippen molar-refractivity contribution in [1.29, 1.82) is 0 Å². The van der Waals surface area contributed by atoms with Crippen molar-refractivity contribution in [3.63, 3.8) is 0 Å². The molecule has 0 unspecified atom stereocenters. The van der Waals surface area contributed by atoms with Gasteiger partial charge in [0.05, 0.1) is 10.2 Å². The highest BCUT2D eigenvalue weighted by Crippen LogP contribution is 2.25. The zero-order chi connectivity index (χ0) is 10.7. The lowest BCUT2D eigenvalue weighted by Crippen LogP contribution is -1.94. The SMILES string of the molecule is Fc1c(Br)cccc1Nc1ccncc1. The summed E-state index contributed by atoms with van der Waals surface area (Å²) >= 11 is 3.13. The van der Waals surface area contributed by atoms with Crippen molar-refractivity contribution >= 4 is 27.3 Å². The van der Waals surface area contributed by atoms with Crippen LogP contribution in [0.4, 0.5) is 15.8 Å². The summed E-state index contributed by atoms with van der Waals surface area (Å²) in [5.41, 5.74) is 1.25. The fourth-order valence-electron chi connectivity index (χ4n) is 1.19. The summed E-state index contributed by atoms with van der Waals surface area (Å²) in [6.45, 7) is 0. The van der Waals surface area contributed by atoms with E-state index in [2.05, 4.69) is 26.2 Å². The van der Waals surface area contributed by atoms with Crippen molar-refractivity contribution in [1.82, 2.24) is 4.98 Å². The molecule has 0 atom stereocenters. The Morgan fingerprint density at radius 2 is 1.87 bits per heavy atom. The van der Waals surface area contributed by atoms with E-state index in [1.165, 1.54) is 0 Å². The second-order valence-corrected chi connectivity index (χ2v) is 3.82. The average Bonchev–Trinajstić information content (AvgIpc) is 2.26. The number of hydrogen-bond donors (Lipinski definition) is 1. The highest BCUT2D eigenvalue weighted by atomic mass is 79.9. The van der Waals surface area contributed by atoms with Gasteiger partial charge in [-0.05, 0) is 40.2 Å². The zero-order valence-corrected chi connectivity index (χ0v) is 9.33. The molecule has 0 fully saturated rings. The van der Waals surface area contributed by atoms with Crippen LogP contribution < -0.4 is 5.32 Å². The van der Waals surface area contributed by atoms with Crippen LogP contribution in [0.25, 0.3) is 0 Å². The van der Waals surface area contributed by atoms with Gasteiger partial charge in [-0.2, -0.15) is 0 Å². The van der Waals surface area contributed by atoms with Crippen molar-refractivity contribution in [3.8, 4) is 0 Å². The molecule has 2 aromatic rings. The molecule has 0 saturated carbocycles. The van der Waals surface area contributed by atoms with Gasteiger partial charge in [0.25, 0.3) is 0 Å². The van der Waals surface area contributed by atoms with E-state index in [0.29, 0.717) is 10.2 Å². The zero-order valence-electron chi connectivity index (χ0n) is 7.74. The second-order valence-electron chi connectivity index (χ2n) is 2.96. The van der Waals surface area contributed by atoms with E-state index in [-0.39, 0.29) is 5.82 Å². The molecule has 2 rings (SSSR count). The molecule has 0 spiro atoms. The van der Waals surface area contributed by atoms with Crippen molar-refractivity contribution in [2.45, 2.75) is 0 Å². The van der Waals surface area contributed by atoms with Gasteiger partial charge in [-0.1, -0.05) is 6.07 Å². The molecule has 0 amide bonds. The first-order valence-electron chi connectivity index (χ1n) is 4.38. The van der Waals surface area contributed by atoms with Crippen LogP contribution in [0.1, 0.15) is 0 Å². The maximum Gasteiger partial charge on any atom is 0.160 e. The van der Waals surface area contributed by atoms with Crippen LogP contribution in [0, 0.1) is 5.82 Å². The van der Waals surface area contributed by atoms with Gasteiger partial charge in [0.1, 0.15) is 0 Å². The number of anilines is 2. The van der Waals surface area contributed by atoms with Crippen LogP contribution in [-0.2, 0) is 0 Å². The molecular formula is C11H8BrFN2. The highest BCUT2D eigenvalue weighted by Gasteiger charge is 2.05. The Bertz CT molecular complexity index is 459. The number of nitrogens with zero attached hydrogens (tertiary/aromatic N) is 1. The van der Waals surface area contributed by atoms with Gasteiger partial charge in [-0.3, -0.25) is 4.98 Å². The van der Waals surface area contributed by atoms with E-state index in [1.807, 2.05) is 0 Å². The van der Waals surface area contributed by atoms with Crippen LogP contribution in [0.3, 0.4) is 0 Å². The summed E-state index contributed by atoms with van der Waals surface area (Å²) in [4.78, 5) is 3.88. The quantitative estimate of drug-likeness (QED) is 0.896. The van der Waals surface area contributed by atoms with E-state index >= 15 is 0 Å². The van der Waals surface area contributed by atoms with Crippen molar-refractivity contribution in [2.75, 3.05) is 5.32 Å². The summed E-state index contributed by atoms with van der Waals surface area (Å²) in [6, 6.07) is 8.67. The van der Waals surface area contributed by atoms with Crippen molar-refractivity contribution in [3.05, 3.63) is 53.0 Å². The predicted molar refractivity (Wildman–Crippen MR) is 61.6 cm³/mol. The van der Waals surface area contributed by atoms with Gasteiger partial charge in [0.2, 0.25) is 0 Å². The molecule has 1 aromatic heterocycles. The lowest BCUT2D eigenvalue weighted by molar-refractivity contribution is 0.625. The fourth-order valence-corrected chi connectivity index (χ4v) is 1.56. The molecule has 1 heterocycles. The third kappa shape index (κ3) is 2.33. The Morgan fingerprint density at radius 1 is 1.13 bits per heavy atom. The third-order valence-electron chi connectivity index (χ3n) is 1.91. The number of rotatable bonds is 2. The number of halogens is 2. The van der Waals surface area contributed by atoms with Gasteiger partial charge in [-0.15, -0.1) is 0 Å². The molecular weight excluding hydrogens is 259 g/mol. The molecule has 2 nitrogen and oxygen atoms in total. The molecule has 0 aliphatic rings. The Labute approximate surface area is 95.3 Å². The van der Waals surface area contributed by atoms with Crippen LogP contribution in [-0.4, -0.2) is 4.98 Å². The lowest BCUT2D eigenvalue weighted by atomic mass is 10.3. The fraction of sp³-hybridized carbons (Fsp3) is 0. The van der Waals surface area contributed by atoms with E-state index in [0.717, 1.165) is 5.69 Å². The van der Waals surface area contributed by atoms with Crippen molar-refractivity contribution in [2.24, 2.45) is 0 Å². The summed E-state index contributed by atoms with van der Waals surface area (Å²) in [7, 11) is 0. The van der Waals surface area contributed by atoms with Crippen LogP contribution in [0.5, 0.6) is 0 Å². The summed E-state index contributed by atoms with van der Waals surface area (Å²) in [5.74, 6) is -0.297. The molecule has 0 aliphatic heterocycles. The number of benzene rings is 1. The van der Waals surface area contributed by atoms with Crippen LogP contribution >= 0.6 is 15.9 Å². The Hall–Kier alpha value is -1.42. The minimum atomic E-state index is -0.297. The van der Waals surface area contributed by atoms with E-state index < -0.39 is 0 Å². The number of aromatic nitrogens is 1. The molecule has 76 valence electrons. The first-order valence-corrected chi connectivity index (χ1v) is 5.18. The van der Waals surface area contributed by atoms with E-state index in [4.69, 9.17) is 0 Å².